The van der Waals surface area contributed by atoms with Crippen LogP contribution in [0.1, 0.15) is 49.3 Å². The van der Waals surface area contributed by atoms with Crippen LogP contribution < -0.4 is 10.2 Å². The molecule has 1 aromatic carbocycles. The molecule has 2 aliphatic carbocycles. The molecule has 0 amide bonds. The second-order valence-corrected chi connectivity index (χ2v) is 11.9. The van der Waals surface area contributed by atoms with Crippen molar-refractivity contribution < 1.29 is 9.32 Å². The largest absolute Gasteiger partial charge is 0.394 e. The van der Waals surface area contributed by atoms with Gasteiger partial charge in [-0.25, -0.2) is 4.98 Å². The van der Waals surface area contributed by atoms with Crippen molar-refractivity contribution >= 4 is 34.2 Å². The maximum atomic E-state index is 12.9. The van der Waals surface area contributed by atoms with Gasteiger partial charge in [0.2, 0.25) is 5.95 Å². The average molecular weight is 473 g/mol. The van der Waals surface area contributed by atoms with Crippen LogP contribution >= 0.6 is 11.6 Å². The first-order chi connectivity index (χ1) is 15.5. The van der Waals surface area contributed by atoms with Gasteiger partial charge < -0.3 is 15.3 Å². The molecule has 2 saturated carbocycles. The zero-order valence-corrected chi connectivity index (χ0v) is 19.7. The first kappa shape index (κ1) is 20.9. The zero-order valence-electron chi connectivity index (χ0n) is 18.1. The molecule has 2 bridgehead atoms. The Labute approximate surface area is 196 Å². The zero-order chi connectivity index (χ0) is 21.9. The number of hydrogen-bond acceptors (Lipinski definition) is 6. The molecular formula is C24H29ClN4O2S. The standard InChI is InChI=1S/C24H29ClN4O2S/c25-18-6-4-15(5-7-18)20-16-11-17(20)13-29(12-16)23-26-19-3-1-10-32(31)21(19)22(27-23)28-24(14-30)8-2-9-24/h4-7,16-17,20,30H,1-3,8-14H2,(H,26,27,28)/t16?,17?,20?,32-/m0/s1. The van der Waals surface area contributed by atoms with Crippen LogP contribution in [-0.2, 0) is 17.2 Å². The van der Waals surface area contributed by atoms with E-state index in [4.69, 9.17) is 21.6 Å². The summed E-state index contributed by atoms with van der Waals surface area (Å²) in [5.41, 5.74) is 1.97. The number of nitrogens with zero attached hydrogens (tertiary/aromatic N) is 3. The van der Waals surface area contributed by atoms with Gasteiger partial charge in [0, 0.05) is 23.9 Å². The number of halogens is 1. The predicted octanol–water partition coefficient (Wildman–Crippen LogP) is 3.75. The highest BCUT2D eigenvalue weighted by molar-refractivity contribution is 7.85. The van der Waals surface area contributed by atoms with Gasteiger partial charge >= 0.3 is 0 Å². The smallest absolute Gasteiger partial charge is 0.227 e. The number of rotatable bonds is 5. The molecule has 3 aliphatic heterocycles. The third kappa shape index (κ3) is 3.44. The monoisotopic (exact) mass is 472 g/mol. The maximum Gasteiger partial charge on any atom is 0.227 e. The minimum Gasteiger partial charge on any atom is -0.394 e. The van der Waals surface area contributed by atoms with Gasteiger partial charge in [0.1, 0.15) is 10.7 Å². The fourth-order valence-corrected chi connectivity index (χ4v) is 7.51. The molecule has 7 rings (SSSR count). The van der Waals surface area contributed by atoms with Crippen LogP contribution in [0, 0.1) is 11.8 Å². The maximum absolute atomic E-state index is 12.9. The van der Waals surface area contributed by atoms with Gasteiger partial charge in [-0.3, -0.25) is 4.21 Å². The summed E-state index contributed by atoms with van der Waals surface area (Å²) in [6, 6.07) is 8.32. The molecule has 0 radical (unpaired) electrons. The fourth-order valence-electron chi connectivity index (χ4n) is 6.05. The van der Waals surface area contributed by atoms with Crippen LogP contribution in [0.2, 0.25) is 5.02 Å². The molecule has 2 N–H and O–H groups in total. The molecule has 2 unspecified atom stereocenters. The fraction of sp³-hybridized carbons (Fsp3) is 0.583. The third-order valence-corrected chi connectivity index (χ3v) is 9.76. The molecule has 2 saturated heterocycles. The summed E-state index contributed by atoms with van der Waals surface area (Å²) in [5.74, 6) is 3.87. The molecule has 2 aromatic rings. The van der Waals surface area contributed by atoms with Crippen LogP contribution in [0.5, 0.6) is 0 Å². The van der Waals surface area contributed by atoms with E-state index in [9.17, 15) is 9.32 Å². The predicted molar refractivity (Wildman–Crippen MR) is 127 cm³/mol. The molecule has 3 atom stereocenters. The van der Waals surface area contributed by atoms with Crippen molar-refractivity contribution in [1.29, 1.82) is 0 Å². The average Bonchev–Trinajstić information content (AvgIpc) is 2.77. The minimum absolute atomic E-state index is 0.0738. The van der Waals surface area contributed by atoms with Crippen molar-refractivity contribution in [2.24, 2.45) is 11.8 Å². The molecular weight excluding hydrogens is 444 g/mol. The highest BCUT2D eigenvalue weighted by Gasteiger charge is 2.48. The summed E-state index contributed by atoms with van der Waals surface area (Å²) >= 11 is 6.09. The topological polar surface area (TPSA) is 78.4 Å². The van der Waals surface area contributed by atoms with E-state index in [0.29, 0.717) is 29.3 Å². The van der Waals surface area contributed by atoms with Gasteiger partial charge in [-0.05, 0) is 74.0 Å². The summed E-state index contributed by atoms with van der Waals surface area (Å²) in [5, 5.41) is 14.3. The molecule has 170 valence electrons. The van der Waals surface area contributed by atoms with E-state index in [0.717, 1.165) is 66.8 Å². The number of aromatic nitrogens is 2. The van der Waals surface area contributed by atoms with Gasteiger partial charge in [0.25, 0.3) is 0 Å². The van der Waals surface area contributed by atoms with E-state index in [-0.39, 0.29) is 12.1 Å². The highest BCUT2D eigenvalue weighted by Crippen LogP contribution is 2.52. The first-order valence-electron chi connectivity index (χ1n) is 11.7. The lowest BCUT2D eigenvalue weighted by molar-refractivity contribution is 0.110. The number of benzene rings is 1. The lowest BCUT2D eigenvalue weighted by atomic mass is 9.59. The SMILES string of the molecule is O=[S@]1CCCc2nc(N3CC4CC(C3)C4c3ccc(Cl)cc3)nc(NC3(CO)CCC3)c21. The van der Waals surface area contributed by atoms with Gasteiger partial charge in [0.15, 0.2) is 0 Å². The summed E-state index contributed by atoms with van der Waals surface area (Å²) < 4.78 is 12.9. The van der Waals surface area contributed by atoms with Crippen LogP contribution in [0.25, 0.3) is 0 Å². The van der Waals surface area contributed by atoms with E-state index in [1.54, 1.807) is 0 Å². The van der Waals surface area contributed by atoms with Crippen molar-refractivity contribution in [3.05, 3.63) is 40.5 Å². The van der Waals surface area contributed by atoms with Crippen molar-refractivity contribution in [3.63, 3.8) is 0 Å². The minimum atomic E-state index is -1.08. The summed E-state index contributed by atoms with van der Waals surface area (Å²) in [4.78, 5) is 12.9. The molecule has 8 heteroatoms. The molecule has 4 heterocycles. The van der Waals surface area contributed by atoms with E-state index in [1.807, 2.05) is 12.1 Å². The number of nitrogens with one attached hydrogen (secondary N) is 1. The molecule has 32 heavy (non-hydrogen) atoms. The number of piperidine rings is 2. The lowest BCUT2D eigenvalue weighted by Gasteiger charge is -2.54. The molecule has 0 spiro atoms. The first-order valence-corrected chi connectivity index (χ1v) is 13.4. The van der Waals surface area contributed by atoms with E-state index in [2.05, 4.69) is 22.3 Å². The summed E-state index contributed by atoms with van der Waals surface area (Å²) in [7, 11) is -1.08. The number of aryl methyl sites for hydroxylation is 1. The Morgan fingerprint density at radius 1 is 1.16 bits per heavy atom. The van der Waals surface area contributed by atoms with E-state index in [1.165, 1.54) is 12.0 Å². The van der Waals surface area contributed by atoms with Crippen molar-refractivity contribution in [3.8, 4) is 0 Å². The second-order valence-electron chi connectivity index (χ2n) is 9.96. The number of anilines is 2. The quantitative estimate of drug-likeness (QED) is 0.690. The molecule has 4 fully saturated rings. The molecule has 5 aliphatic rings. The van der Waals surface area contributed by atoms with Crippen molar-refractivity contribution in [2.45, 2.75) is 54.9 Å². The Balaban J connectivity index is 1.28. The third-order valence-electron chi connectivity index (χ3n) is 7.96. The number of fused-ring (bicyclic) bond motifs is 3. The Hall–Kier alpha value is -1.70. The van der Waals surface area contributed by atoms with Gasteiger partial charge in [-0.15, -0.1) is 0 Å². The normalized spacial score (nSPS) is 30.1. The van der Waals surface area contributed by atoms with E-state index >= 15 is 0 Å². The number of aliphatic hydroxyl groups excluding tert-OH is 1. The van der Waals surface area contributed by atoms with Crippen LogP contribution in [0.3, 0.4) is 0 Å². The Bertz CT molecular complexity index is 1040. The number of hydrogen-bond donors (Lipinski definition) is 2. The lowest BCUT2D eigenvalue weighted by Crippen LogP contribution is -2.54. The van der Waals surface area contributed by atoms with Gasteiger partial charge in [0.05, 0.1) is 28.6 Å². The highest BCUT2D eigenvalue weighted by atomic mass is 35.5. The van der Waals surface area contributed by atoms with Crippen LogP contribution in [-0.4, -0.2) is 50.3 Å². The molecule has 6 nitrogen and oxygen atoms in total. The Kier molecular flexibility index (Phi) is 5.19. The second kappa shape index (κ2) is 7.96. The van der Waals surface area contributed by atoms with Gasteiger partial charge in [-0.2, -0.15) is 4.98 Å². The summed E-state index contributed by atoms with van der Waals surface area (Å²) in [6.07, 6.45) is 5.91. The summed E-state index contributed by atoms with van der Waals surface area (Å²) in [6.45, 7) is 1.96. The van der Waals surface area contributed by atoms with E-state index < -0.39 is 10.8 Å². The Morgan fingerprint density at radius 3 is 2.56 bits per heavy atom. The van der Waals surface area contributed by atoms with Crippen LogP contribution in [0.4, 0.5) is 11.8 Å². The van der Waals surface area contributed by atoms with Gasteiger partial charge in [-0.1, -0.05) is 23.7 Å². The Morgan fingerprint density at radius 2 is 1.91 bits per heavy atom. The van der Waals surface area contributed by atoms with Crippen molar-refractivity contribution in [2.75, 3.05) is 35.7 Å². The van der Waals surface area contributed by atoms with Crippen molar-refractivity contribution in [1.82, 2.24) is 9.97 Å². The van der Waals surface area contributed by atoms with Crippen LogP contribution in [0.15, 0.2) is 29.2 Å². The number of aliphatic hydroxyl groups is 1. The molecule has 1 aromatic heterocycles.